The molecule has 3 heteroatoms. The summed E-state index contributed by atoms with van der Waals surface area (Å²) in [5.74, 6) is 0.239. The van der Waals surface area contributed by atoms with Crippen LogP contribution in [-0.4, -0.2) is 31.1 Å². The normalized spacial score (nSPS) is 17.2. The number of amides is 1. The second-order valence-corrected chi connectivity index (χ2v) is 11.7. The van der Waals surface area contributed by atoms with E-state index in [1.807, 2.05) is 0 Å². The SMILES string of the molecule is Cc1cc(C)c(NC(=O)C2([P+](C)(C)C)CC2)c(C)c1. The van der Waals surface area contributed by atoms with Gasteiger partial charge >= 0.3 is 0 Å². The minimum Gasteiger partial charge on any atom is -0.322 e. The van der Waals surface area contributed by atoms with Crippen molar-refractivity contribution in [3.05, 3.63) is 28.8 Å². The van der Waals surface area contributed by atoms with Crippen molar-refractivity contribution in [3.63, 3.8) is 0 Å². The number of anilines is 1. The molecule has 1 aromatic rings. The van der Waals surface area contributed by atoms with Crippen LogP contribution in [0.3, 0.4) is 0 Å². The summed E-state index contributed by atoms with van der Waals surface area (Å²) in [4.78, 5) is 12.6. The standard InChI is InChI=1S/C16H24NOP/c1-11-9-12(2)14(13(3)10-11)17-15(18)16(7-8-16)19(4,5)6/h9-10H,7-8H2,1-6H3/p+1. The van der Waals surface area contributed by atoms with E-state index in [0.29, 0.717) is 0 Å². The van der Waals surface area contributed by atoms with E-state index in [9.17, 15) is 4.79 Å². The lowest BCUT2D eigenvalue weighted by atomic mass is 10.0. The monoisotopic (exact) mass is 278 g/mol. The Balaban J connectivity index is 2.26. The third-order valence-corrected chi connectivity index (χ3v) is 7.56. The van der Waals surface area contributed by atoms with Crippen molar-refractivity contribution in [2.24, 2.45) is 0 Å². The summed E-state index contributed by atoms with van der Waals surface area (Å²) >= 11 is 0. The van der Waals surface area contributed by atoms with Crippen LogP contribution in [0.5, 0.6) is 0 Å². The van der Waals surface area contributed by atoms with E-state index in [2.05, 4.69) is 58.2 Å². The molecule has 0 aromatic heterocycles. The maximum atomic E-state index is 12.6. The lowest BCUT2D eigenvalue weighted by Crippen LogP contribution is -2.32. The van der Waals surface area contributed by atoms with Gasteiger partial charge in [-0.05, 0) is 31.9 Å². The van der Waals surface area contributed by atoms with Crippen molar-refractivity contribution in [1.82, 2.24) is 0 Å². The molecule has 0 saturated heterocycles. The molecule has 1 saturated carbocycles. The Bertz CT molecular complexity index is 501. The third kappa shape index (κ3) is 2.56. The molecule has 0 heterocycles. The smallest absolute Gasteiger partial charge is 0.268 e. The summed E-state index contributed by atoms with van der Waals surface area (Å²) in [7, 11) is -1.15. The Morgan fingerprint density at radius 3 is 1.95 bits per heavy atom. The average molecular weight is 278 g/mol. The van der Waals surface area contributed by atoms with Gasteiger partial charge in [0.25, 0.3) is 5.91 Å². The summed E-state index contributed by atoms with van der Waals surface area (Å²) in [6.45, 7) is 13.1. The Hall–Kier alpha value is -0.880. The molecule has 0 spiro atoms. The lowest BCUT2D eigenvalue weighted by molar-refractivity contribution is -0.116. The molecule has 1 fully saturated rings. The van der Waals surface area contributed by atoms with Crippen LogP contribution in [0.4, 0.5) is 5.69 Å². The molecule has 104 valence electrons. The predicted octanol–water partition coefficient (Wildman–Crippen LogP) is 3.99. The molecule has 1 N–H and O–H groups in total. The molecule has 0 unspecified atom stereocenters. The van der Waals surface area contributed by atoms with E-state index in [-0.39, 0.29) is 11.1 Å². The van der Waals surface area contributed by atoms with Crippen molar-refractivity contribution < 1.29 is 4.79 Å². The van der Waals surface area contributed by atoms with Crippen molar-refractivity contribution in [3.8, 4) is 0 Å². The predicted molar refractivity (Wildman–Crippen MR) is 85.9 cm³/mol. The minimum absolute atomic E-state index is 0.0588. The van der Waals surface area contributed by atoms with Gasteiger partial charge in [-0.1, -0.05) is 17.7 Å². The summed E-state index contributed by atoms with van der Waals surface area (Å²) < 4.78 is 0. The van der Waals surface area contributed by atoms with E-state index < -0.39 is 7.26 Å². The van der Waals surface area contributed by atoms with Crippen LogP contribution >= 0.6 is 7.26 Å². The molecule has 0 radical (unpaired) electrons. The van der Waals surface area contributed by atoms with Gasteiger partial charge in [-0.25, -0.2) is 0 Å². The Kier molecular flexibility index (Phi) is 3.51. The Morgan fingerprint density at radius 2 is 1.58 bits per heavy atom. The third-order valence-electron chi connectivity index (χ3n) is 4.35. The van der Waals surface area contributed by atoms with Crippen LogP contribution < -0.4 is 5.32 Å². The molecule has 0 bridgehead atoms. The number of nitrogens with one attached hydrogen (secondary N) is 1. The largest absolute Gasteiger partial charge is 0.322 e. The van der Waals surface area contributed by atoms with E-state index in [1.165, 1.54) is 5.56 Å². The highest BCUT2D eigenvalue weighted by atomic mass is 31.2. The van der Waals surface area contributed by atoms with Crippen LogP contribution in [-0.2, 0) is 4.79 Å². The summed E-state index contributed by atoms with van der Waals surface area (Å²) in [6.07, 6.45) is 2.11. The number of benzene rings is 1. The zero-order chi connectivity index (χ0) is 14.4. The van der Waals surface area contributed by atoms with Crippen molar-refractivity contribution in [2.75, 3.05) is 25.3 Å². The van der Waals surface area contributed by atoms with Gasteiger partial charge in [-0.2, -0.15) is 0 Å². The molecular formula is C16H25NOP+. The van der Waals surface area contributed by atoms with Gasteiger partial charge in [0.05, 0.1) is 0 Å². The maximum absolute atomic E-state index is 12.6. The van der Waals surface area contributed by atoms with Crippen LogP contribution in [0.15, 0.2) is 12.1 Å². The Labute approximate surface area is 117 Å². The average Bonchev–Trinajstić information content (AvgIpc) is 3.02. The van der Waals surface area contributed by atoms with E-state index in [1.54, 1.807) is 0 Å². The van der Waals surface area contributed by atoms with E-state index in [0.717, 1.165) is 29.7 Å². The highest BCUT2D eigenvalue weighted by Crippen LogP contribution is 2.71. The summed E-state index contributed by atoms with van der Waals surface area (Å²) in [6, 6.07) is 4.27. The summed E-state index contributed by atoms with van der Waals surface area (Å²) in [5, 5.41) is 3.15. The molecule has 2 rings (SSSR count). The highest BCUT2D eigenvalue weighted by molar-refractivity contribution is 7.76. The Morgan fingerprint density at radius 1 is 1.11 bits per heavy atom. The topological polar surface area (TPSA) is 29.1 Å². The van der Waals surface area contributed by atoms with Crippen molar-refractivity contribution >= 4 is 18.9 Å². The second kappa shape index (κ2) is 4.59. The molecule has 0 aliphatic heterocycles. The van der Waals surface area contributed by atoms with Crippen LogP contribution in [0, 0.1) is 20.8 Å². The van der Waals surface area contributed by atoms with Crippen LogP contribution in [0.25, 0.3) is 0 Å². The van der Waals surface area contributed by atoms with Gasteiger partial charge in [0.2, 0.25) is 0 Å². The number of hydrogen-bond acceptors (Lipinski definition) is 1. The van der Waals surface area contributed by atoms with Crippen molar-refractivity contribution in [2.45, 2.75) is 38.8 Å². The quantitative estimate of drug-likeness (QED) is 0.832. The van der Waals surface area contributed by atoms with Gasteiger partial charge in [-0.15, -0.1) is 0 Å². The number of carbonyl (C=O) groups excluding carboxylic acids is 1. The molecular weight excluding hydrogens is 253 g/mol. The zero-order valence-corrected chi connectivity index (χ0v) is 13.8. The first-order chi connectivity index (χ1) is 8.67. The van der Waals surface area contributed by atoms with Crippen LogP contribution in [0.2, 0.25) is 0 Å². The van der Waals surface area contributed by atoms with Gasteiger partial charge < -0.3 is 5.32 Å². The fourth-order valence-corrected chi connectivity index (χ4v) is 5.05. The molecule has 0 atom stereocenters. The first-order valence-corrected chi connectivity index (χ1v) is 10.0. The van der Waals surface area contributed by atoms with Gasteiger partial charge in [0, 0.05) is 45.8 Å². The fourth-order valence-electron chi connectivity index (χ4n) is 2.93. The minimum atomic E-state index is -1.15. The molecule has 1 amide bonds. The number of carbonyl (C=O) groups is 1. The number of aryl methyl sites for hydroxylation is 3. The molecule has 1 aromatic carbocycles. The molecule has 2 nitrogen and oxygen atoms in total. The summed E-state index contributed by atoms with van der Waals surface area (Å²) in [5.41, 5.74) is 4.58. The van der Waals surface area contributed by atoms with E-state index >= 15 is 0 Å². The van der Waals surface area contributed by atoms with Crippen molar-refractivity contribution in [1.29, 1.82) is 0 Å². The fraction of sp³-hybridized carbons (Fsp3) is 0.562. The molecule has 19 heavy (non-hydrogen) atoms. The van der Waals surface area contributed by atoms with Gasteiger partial charge in [0.15, 0.2) is 5.16 Å². The molecule has 1 aliphatic carbocycles. The maximum Gasteiger partial charge on any atom is 0.268 e. The van der Waals surface area contributed by atoms with Gasteiger partial charge in [0.1, 0.15) is 0 Å². The second-order valence-electron chi connectivity index (χ2n) is 6.77. The van der Waals surface area contributed by atoms with E-state index in [4.69, 9.17) is 0 Å². The highest BCUT2D eigenvalue weighted by Gasteiger charge is 2.64. The lowest BCUT2D eigenvalue weighted by Gasteiger charge is -2.24. The zero-order valence-electron chi connectivity index (χ0n) is 12.9. The van der Waals surface area contributed by atoms with Crippen LogP contribution in [0.1, 0.15) is 29.5 Å². The number of hydrogen-bond donors (Lipinski definition) is 1. The first-order valence-electron chi connectivity index (χ1n) is 6.88. The van der Waals surface area contributed by atoms with Gasteiger partial charge in [-0.3, -0.25) is 4.79 Å². The number of rotatable bonds is 3. The first kappa shape index (κ1) is 14.5. The molecule has 1 aliphatic rings.